The summed E-state index contributed by atoms with van der Waals surface area (Å²) in [5, 5.41) is 0. The van der Waals surface area contributed by atoms with Crippen molar-refractivity contribution in [3.63, 3.8) is 0 Å². The minimum atomic E-state index is -0.203. The van der Waals surface area contributed by atoms with Crippen LogP contribution in [0, 0.1) is 5.82 Å². The summed E-state index contributed by atoms with van der Waals surface area (Å²) in [5.74, 6) is -0.203. The molecule has 13 heavy (non-hydrogen) atoms. The van der Waals surface area contributed by atoms with Crippen LogP contribution in [0.2, 0.25) is 0 Å². The molecule has 0 N–H and O–H groups in total. The maximum absolute atomic E-state index is 12.5. The Morgan fingerprint density at radius 1 is 1.31 bits per heavy atom. The molecule has 0 heterocycles. The Morgan fingerprint density at radius 3 is 2.62 bits per heavy atom. The zero-order valence-electron chi connectivity index (χ0n) is 7.83. The smallest absolute Gasteiger partial charge is 0.123 e. The van der Waals surface area contributed by atoms with Crippen molar-refractivity contribution in [2.75, 3.05) is 6.54 Å². The van der Waals surface area contributed by atoms with Gasteiger partial charge in [0.15, 0.2) is 0 Å². The van der Waals surface area contributed by atoms with Crippen LogP contribution in [-0.4, -0.2) is 12.8 Å². The van der Waals surface area contributed by atoms with Crippen molar-refractivity contribution in [1.29, 1.82) is 0 Å². The zero-order chi connectivity index (χ0) is 9.52. The summed E-state index contributed by atoms with van der Waals surface area (Å²) in [6.45, 7) is 2.99. The number of hydrogen-bond acceptors (Lipinski definition) is 1. The Hall–Kier alpha value is -1.18. The van der Waals surface area contributed by atoms with Crippen LogP contribution in [-0.2, 0) is 0 Å². The molecule has 1 nitrogen and oxygen atoms in total. The molecule has 0 aliphatic carbocycles. The first kappa shape index (κ1) is 9.90. The normalized spacial score (nSPS) is 10.9. The van der Waals surface area contributed by atoms with E-state index in [0.717, 1.165) is 24.9 Å². The first-order valence-corrected chi connectivity index (χ1v) is 4.58. The van der Waals surface area contributed by atoms with Gasteiger partial charge in [-0.2, -0.15) is 0 Å². The monoisotopic (exact) mass is 179 g/mol. The Kier molecular flexibility index (Phi) is 4.16. The number of halogens is 1. The van der Waals surface area contributed by atoms with Crippen LogP contribution in [0.15, 0.2) is 29.3 Å². The fourth-order valence-corrected chi connectivity index (χ4v) is 0.968. The third-order valence-corrected chi connectivity index (χ3v) is 1.75. The quantitative estimate of drug-likeness (QED) is 0.497. The van der Waals surface area contributed by atoms with Gasteiger partial charge in [0.1, 0.15) is 5.82 Å². The Bertz CT molecular complexity index is 264. The Morgan fingerprint density at radius 2 is 2.00 bits per heavy atom. The van der Waals surface area contributed by atoms with E-state index in [1.165, 1.54) is 12.1 Å². The number of nitrogens with zero attached hydrogens (tertiary/aromatic N) is 1. The van der Waals surface area contributed by atoms with E-state index in [-0.39, 0.29) is 5.82 Å². The third kappa shape index (κ3) is 3.83. The van der Waals surface area contributed by atoms with Gasteiger partial charge in [-0.1, -0.05) is 25.5 Å². The fraction of sp³-hybridized carbons (Fsp3) is 0.364. The highest BCUT2D eigenvalue weighted by Gasteiger charge is 1.88. The van der Waals surface area contributed by atoms with E-state index >= 15 is 0 Å². The van der Waals surface area contributed by atoms with Crippen LogP contribution in [0.25, 0.3) is 0 Å². The molecule has 0 amide bonds. The van der Waals surface area contributed by atoms with Crippen molar-refractivity contribution in [3.8, 4) is 0 Å². The van der Waals surface area contributed by atoms with E-state index in [1.807, 2.05) is 0 Å². The molecule has 0 unspecified atom stereocenters. The second-order valence-corrected chi connectivity index (χ2v) is 2.94. The molecule has 0 bridgehead atoms. The summed E-state index contributed by atoms with van der Waals surface area (Å²) in [4.78, 5) is 4.21. The zero-order valence-corrected chi connectivity index (χ0v) is 7.83. The highest BCUT2D eigenvalue weighted by atomic mass is 19.1. The SMILES string of the molecule is CCCCN=Cc1ccc(F)cc1. The summed E-state index contributed by atoms with van der Waals surface area (Å²) in [7, 11) is 0. The Balaban J connectivity index is 2.44. The molecule has 0 aliphatic heterocycles. The topological polar surface area (TPSA) is 12.4 Å². The lowest BCUT2D eigenvalue weighted by atomic mass is 10.2. The second-order valence-electron chi connectivity index (χ2n) is 2.94. The lowest BCUT2D eigenvalue weighted by Crippen LogP contribution is -1.84. The van der Waals surface area contributed by atoms with Gasteiger partial charge >= 0.3 is 0 Å². The first-order valence-electron chi connectivity index (χ1n) is 4.58. The van der Waals surface area contributed by atoms with Crippen molar-refractivity contribution in [1.82, 2.24) is 0 Å². The number of unbranched alkanes of at least 4 members (excludes halogenated alkanes) is 1. The molecule has 0 spiro atoms. The van der Waals surface area contributed by atoms with Gasteiger partial charge in [-0.25, -0.2) is 4.39 Å². The number of hydrogen-bond donors (Lipinski definition) is 0. The molecule has 2 heteroatoms. The first-order chi connectivity index (χ1) is 6.33. The van der Waals surface area contributed by atoms with Crippen molar-refractivity contribution in [3.05, 3.63) is 35.6 Å². The van der Waals surface area contributed by atoms with E-state index in [1.54, 1.807) is 18.3 Å². The second kappa shape index (κ2) is 5.46. The van der Waals surface area contributed by atoms with Crippen LogP contribution in [0.1, 0.15) is 25.3 Å². The van der Waals surface area contributed by atoms with Gasteiger partial charge in [0, 0.05) is 12.8 Å². The number of aliphatic imine (C=N–C) groups is 1. The van der Waals surface area contributed by atoms with Gasteiger partial charge in [0.05, 0.1) is 0 Å². The van der Waals surface area contributed by atoms with Gasteiger partial charge in [0.2, 0.25) is 0 Å². The van der Waals surface area contributed by atoms with Crippen LogP contribution in [0.5, 0.6) is 0 Å². The molecule has 0 fully saturated rings. The molecule has 1 aromatic rings. The minimum Gasteiger partial charge on any atom is -0.293 e. The minimum absolute atomic E-state index is 0.203. The number of benzene rings is 1. The van der Waals surface area contributed by atoms with Crippen LogP contribution < -0.4 is 0 Å². The van der Waals surface area contributed by atoms with E-state index < -0.39 is 0 Å². The molecule has 0 saturated carbocycles. The third-order valence-electron chi connectivity index (χ3n) is 1.75. The molecule has 0 aliphatic rings. The van der Waals surface area contributed by atoms with Crippen molar-refractivity contribution in [2.45, 2.75) is 19.8 Å². The highest BCUT2D eigenvalue weighted by molar-refractivity contribution is 5.79. The lowest BCUT2D eigenvalue weighted by Gasteiger charge is -1.92. The van der Waals surface area contributed by atoms with Gasteiger partial charge in [-0.3, -0.25) is 4.99 Å². The van der Waals surface area contributed by atoms with Crippen molar-refractivity contribution < 1.29 is 4.39 Å². The molecule has 1 rings (SSSR count). The van der Waals surface area contributed by atoms with Gasteiger partial charge in [-0.05, 0) is 24.1 Å². The molecule has 0 aromatic heterocycles. The average Bonchev–Trinajstić information content (AvgIpc) is 2.15. The molecule has 70 valence electrons. The van der Waals surface area contributed by atoms with Gasteiger partial charge < -0.3 is 0 Å². The van der Waals surface area contributed by atoms with Crippen molar-refractivity contribution in [2.24, 2.45) is 4.99 Å². The lowest BCUT2D eigenvalue weighted by molar-refractivity contribution is 0.628. The largest absolute Gasteiger partial charge is 0.293 e. The van der Waals surface area contributed by atoms with Crippen LogP contribution in [0.4, 0.5) is 4.39 Å². The number of rotatable bonds is 4. The molecule has 0 radical (unpaired) electrons. The maximum Gasteiger partial charge on any atom is 0.123 e. The van der Waals surface area contributed by atoms with E-state index in [4.69, 9.17) is 0 Å². The van der Waals surface area contributed by atoms with Crippen molar-refractivity contribution >= 4 is 6.21 Å². The van der Waals surface area contributed by atoms with E-state index in [2.05, 4.69) is 11.9 Å². The predicted molar refractivity (Wildman–Crippen MR) is 53.8 cm³/mol. The van der Waals surface area contributed by atoms with E-state index in [0.29, 0.717) is 0 Å². The van der Waals surface area contributed by atoms with Crippen LogP contribution in [0.3, 0.4) is 0 Å². The molecular formula is C11H14FN. The molecule has 0 saturated heterocycles. The predicted octanol–water partition coefficient (Wildman–Crippen LogP) is 3.04. The molecule has 1 aromatic carbocycles. The fourth-order valence-electron chi connectivity index (χ4n) is 0.968. The molecule has 0 atom stereocenters. The maximum atomic E-state index is 12.5. The standard InChI is InChI=1S/C11H14FN/c1-2-3-8-13-9-10-4-6-11(12)7-5-10/h4-7,9H,2-3,8H2,1H3. The van der Waals surface area contributed by atoms with Gasteiger partial charge in [0.25, 0.3) is 0 Å². The Labute approximate surface area is 78.3 Å². The van der Waals surface area contributed by atoms with Gasteiger partial charge in [-0.15, -0.1) is 0 Å². The summed E-state index contributed by atoms with van der Waals surface area (Å²) in [6, 6.07) is 6.35. The average molecular weight is 179 g/mol. The summed E-state index contributed by atoms with van der Waals surface area (Å²) < 4.78 is 12.5. The van der Waals surface area contributed by atoms with Crippen LogP contribution >= 0.6 is 0 Å². The molecular weight excluding hydrogens is 165 g/mol. The van der Waals surface area contributed by atoms with E-state index in [9.17, 15) is 4.39 Å². The summed E-state index contributed by atoms with van der Waals surface area (Å²) in [5.41, 5.74) is 0.956. The summed E-state index contributed by atoms with van der Waals surface area (Å²) in [6.07, 6.45) is 4.05. The summed E-state index contributed by atoms with van der Waals surface area (Å²) >= 11 is 0. The highest BCUT2D eigenvalue weighted by Crippen LogP contribution is 1.99.